The van der Waals surface area contributed by atoms with Crippen molar-refractivity contribution in [3.8, 4) is 5.69 Å². The van der Waals surface area contributed by atoms with Gasteiger partial charge in [0.1, 0.15) is 5.52 Å². The maximum absolute atomic E-state index is 11.5. The van der Waals surface area contributed by atoms with Crippen LogP contribution in [0.1, 0.15) is 21.5 Å². The van der Waals surface area contributed by atoms with Gasteiger partial charge in [-0.3, -0.25) is 4.79 Å². The number of nitrogens with one attached hydrogen (secondary N) is 1. The summed E-state index contributed by atoms with van der Waals surface area (Å²) in [5, 5.41) is 8.84. The van der Waals surface area contributed by atoms with Gasteiger partial charge in [-0.1, -0.05) is 18.2 Å². The van der Waals surface area contributed by atoms with E-state index in [1.807, 2.05) is 23.0 Å². The van der Waals surface area contributed by atoms with Crippen molar-refractivity contribution in [2.24, 2.45) is 5.73 Å². The molecule has 0 saturated carbocycles. The molecular weight excluding hydrogens is 276 g/mol. The van der Waals surface area contributed by atoms with E-state index in [0.29, 0.717) is 11.1 Å². The number of rotatable bonds is 2. The summed E-state index contributed by atoms with van der Waals surface area (Å²) < 4.78 is 1.81. The van der Waals surface area contributed by atoms with E-state index in [4.69, 9.17) is 5.73 Å². The molecule has 3 N–H and O–H groups in total. The van der Waals surface area contributed by atoms with Crippen molar-refractivity contribution >= 4 is 16.8 Å². The van der Waals surface area contributed by atoms with Gasteiger partial charge in [0, 0.05) is 18.1 Å². The lowest BCUT2D eigenvalue weighted by Gasteiger charge is -2.17. The van der Waals surface area contributed by atoms with Crippen LogP contribution in [0.4, 0.5) is 0 Å². The largest absolute Gasteiger partial charge is 0.366 e. The first-order valence-corrected chi connectivity index (χ1v) is 7.33. The summed E-state index contributed by atoms with van der Waals surface area (Å²) >= 11 is 0. The fraction of sp³-hybridized carbons (Fsp3) is 0.176. The molecular formula is C17H16N4O. The van der Waals surface area contributed by atoms with Crippen molar-refractivity contribution < 1.29 is 4.79 Å². The molecule has 0 unspecified atom stereocenters. The highest BCUT2D eigenvalue weighted by Crippen LogP contribution is 2.22. The van der Waals surface area contributed by atoms with Gasteiger partial charge in [0.05, 0.1) is 11.3 Å². The highest BCUT2D eigenvalue weighted by atomic mass is 16.1. The molecule has 0 spiro atoms. The number of nitrogens with two attached hydrogens (primary N) is 1. The second kappa shape index (κ2) is 4.96. The second-order valence-electron chi connectivity index (χ2n) is 5.56. The number of fused-ring (bicyclic) bond motifs is 2. The van der Waals surface area contributed by atoms with E-state index in [-0.39, 0.29) is 0 Å². The summed E-state index contributed by atoms with van der Waals surface area (Å²) in [4.78, 5) is 11.5. The zero-order chi connectivity index (χ0) is 15.1. The monoisotopic (exact) mass is 292 g/mol. The van der Waals surface area contributed by atoms with Crippen LogP contribution in [0.2, 0.25) is 0 Å². The molecule has 0 aliphatic carbocycles. The first-order valence-electron chi connectivity index (χ1n) is 7.33. The third-order valence-electron chi connectivity index (χ3n) is 4.14. The summed E-state index contributed by atoms with van der Waals surface area (Å²) in [5.74, 6) is -0.453. The van der Waals surface area contributed by atoms with Gasteiger partial charge in [0.25, 0.3) is 5.91 Å². The molecule has 22 heavy (non-hydrogen) atoms. The number of primary amides is 1. The third-order valence-corrected chi connectivity index (χ3v) is 4.14. The molecule has 5 heteroatoms. The Morgan fingerprint density at radius 2 is 2.14 bits per heavy atom. The maximum atomic E-state index is 11.5. The smallest absolute Gasteiger partial charge is 0.250 e. The average molecular weight is 292 g/mol. The van der Waals surface area contributed by atoms with Crippen molar-refractivity contribution in [3.05, 3.63) is 59.3 Å². The van der Waals surface area contributed by atoms with Gasteiger partial charge in [-0.25, -0.2) is 4.68 Å². The van der Waals surface area contributed by atoms with E-state index >= 15 is 0 Å². The first kappa shape index (κ1) is 13.0. The van der Waals surface area contributed by atoms with E-state index in [0.717, 1.165) is 30.6 Å². The van der Waals surface area contributed by atoms with Gasteiger partial charge in [0.15, 0.2) is 0 Å². The molecule has 4 rings (SSSR count). The second-order valence-corrected chi connectivity index (χ2v) is 5.56. The fourth-order valence-electron chi connectivity index (χ4n) is 2.99. The normalized spacial score (nSPS) is 14.0. The van der Waals surface area contributed by atoms with Gasteiger partial charge in [0.2, 0.25) is 0 Å². The first-order chi connectivity index (χ1) is 10.7. The molecule has 1 aromatic heterocycles. The summed E-state index contributed by atoms with van der Waals surface area (Å²) in [5.41, 5.74) is 10.2. The van der Waals surface area contributed by atoms with Crippen LogP contribution in [0.3, 0.4) is 0 Å². The zero-order valence-electron chi connectivity index (χ0n) is 12.0. The molecule has 2 heterocycles. The quantitative estimate of drug-likeness (QED) is 0.756. The number of carbonyl (C=O) groups excluding carboxylic acids is 1. The summed E-state index contributed by atoms with van der Waals surface area (Å²) in [6, 6.07) is 11.8. The topological polar surface area (TPSA) is 72.9 Å². The van der Waals surface area contributed by atoms with Crippen molar-refractivity contribution in [2.75, 3.05) is 6.54 Å². The van der Waals surface area contributed by atoms with Gasteiger partial charge >= 0.3 is 0 Å². The predicted octanol–water partition coefficient (Wildman–Crippen LogP) is 1.77. The number of hydrogen-bond acceptors (Lipinski definition) is 3. The van der Waals surface area contributed by atoms with Crippen molar-refractivity contribution in [2.45, 2.75) is 13.0 Å². The van der Waals surface area contributed by atoms with Crippen LogP contribution in [0, 0.1) is 0 Å². The minimum absolute atomic E-state index is 0.453. The maximum Gasteiger partial charge on any atom is 0.250 e. The van der Waals surface area contributed by atoms with Crippen molar-refractivity contribution in [1.29, 1.82) is 0 Å². The van der Waals surface area contributed by atoms with Gasteiger partial charge < -0.3 is 11.1 Å². The molecule has 1 amide bonds. The van der Waals surface area contributed by atoms with E-state index in [9.17, 15) is 4.79 Å². The van der Waals surface area contributed by atoms with Crippen molar-refractivity contribution in [3.63, 3.8) is 0 Å². The number of carbonyl (C=O) groups is 1. The Kier molecular flexibility index (Phi) is 2.94. The van der Waals surface area contributed by atoms with Crippen LogP contribution < -0.4 is 11.1 Å². The third kappa shape index (κ3) is 2.07. The average Bonchev–Trinajstić information content (AvgIpc) is 2.98. The number of nitrogens with zero attached hydrogens (tertiary/aromatic N) is 2. The number of amides is 1. The molecule has 0 atom stereocenters. The lowest BCUT2D eigenvalue weighted by atomic mass is 10.0. The number of benzene rings is 2. The molecule has 0 bridgehead atoms. The SMILES string of the molecule is NC(=O)c1cccc2cn(-c3ccc4c(c3)CNCC4)nc12. The Hall–Kier alpha value is -2.66. The van der Waals surface area contributed by atoms with Crippen LogP contribution in [0.25, 0.3) is 16.6 Å². The van der Waals surface area contributed by atoms with Gasteiger partial charge in [-0.2, -0.15) is 5.10 Å². The minimum Gasteiger partial charge on any atom is -0.366 e. The number of aromatic nitrogens is 2. The van der Waals surface area contributed by atoms with Crippen molar-refractivity contribution in [1.82, 2.24) is 15.1 Å². The fourth-order valence-corrected chi connectivity index (χ4v) is 2.99. The van der Waals surface area contributed by atoms with Crippen LogP contribution in [0.15, 0.2) is 42.6 Å². The van der Waals surface area contributed by atoms with Crippen LogP contribution in [0.5, 0.6) is 0 Å². The standard InChI is InChI=1S/C17H16N4O/c18-17(22)15-3-1-2-12-10-21(20-16(12)15)14-5-4-11-6-7-19-9-13(11)8-14/h1-5,8,10,19H,6-7,9H2,(H2,18,22). The lowest BCUT2D eigenvalue weighted by molar-refractivity contribution is 0.100. The van der Waals surface area contributed by atoms with Crippen LogP contribution in [-0.2, 0) is 13.0 Å². The zero-order valence-corrected chi connectivity index (χ0v) is 12.0. The van der Waals surface area contributed by atoms with Crippen LogP contribution in [-0.4, -0.2) is 22.2 Å². The molecule has 1 aliphatic rings. The molecule has 110 valence electrons. The summed E-state index contributed by atoms with van der Waals surface area (Å²) in [6.07, 6.45) is 2.99. The van der Waals surface area contributed by atoms with E-state index in [1.54, 1.807) is 6.07 Å². The molecule has 5 nitrogen and oxygen atoms in total. The number of hydrogen-bond donors (Lipinski definition) is 2. The molecule has 2 aromatic carbocycles. The molecule has 0 saturated heterocycles. The Morgan fingerprint density at radius 3 is 3.00 bits per heavy atom. The Bertz CT molecular complexity index is 881. The molecule has 0 fully saturated rings. The summed E-state index contributed by atoms with van der Waals surface area (Å²) in [6.45, 7) is 1.91. The minimum atomic E-state index is -0.453. The van der Waals surface area contributed by atoms with Gasteiger partial charge in [-0.05, 0) is 42.3 Å². The lowest BCUT2D eigenvalue weighted by Crippen LogP contribution is -2.23. The molecule has 1 aliphatic heterocycles. The summed E-state index contributed by atoms with van der Waals surface area (Å²) in [7, 11) is 0. The Balaban J connectivity index is 1.84. The Labute approximate surface area is 127 Å². The van der Waals surface area contributed by atoms with E-state index < -0.39 is 5.91 Å². The Morgan fingerprint density at radius 1 is 1.23 bits per heavy atom. The molecule has 3 aromatic rings. The van der Waals surface area contributed by atoms with Gasteiger partial charge in [-0.15, -0.1) is 0 Å². The molecule has 0 radical (unpaired) electrons. The van der Waals surface area contributed by atoms with E-state index in [2.05, 4.69) is 28.6 Å². The highest BCUT2D eigenvalue weighted by molar-refractivity contribution is 6.04. The highest BCUT2D eigenvalue weighted by Gasteiger charge is 2.13. The van der Waals surface area contributed by atoms with Crippen LogP contribution >= 0.6 is 0 Å². The predicted molar refractivity (Wildman–Crippen MR) is 85.0 cm³/mol. The van der Waals surface area contributed by atoms with E-state index in [1.165, 1.54) is 11.1 Å².